The van der Waals surface area contributed by atoms with Crippen LogP contribution in [0.5, 0.6) is 0 Å². The van der Waals surface area contributed by atoms with E-state index in [1.807, 2.05) is 42.0 Å². The monoisotopic (exact) mass is 298 g/mol. The molecule has 116 valence electrons. The molecule has 0 aliphatic heterocycles. The summed E-state index contributed by atoms with van der Waals surface area (Å²) in [5.41, 5.74) is 1.61. The molecule has 1 amide bonds. The standard InChI is InChI=1S/C18H22N2O2/c1-12(18(22)19-14-7-3-4-8-14)20-11-16(13(2)21)15-9-5-6-10-17(15)20/h5-6,9-12,14H,3-4,7-8H2,1-2H3,(H,19,22)/t12-/m1/s1. The summed E-state index contributed by atoms with van der Waals surface area (Å²) in [7, 11) is 0. The molecule has 3 rings (SSSR count). The molecule has 0 radical (unpaired) electrons. The molecule has 2 aromatic rings. The predicted octanol–water partition coefficient (Wildman–Crippen LogP) is 3.46. The van der Waals surface area contributed by atoms with Crippen LogP contribution in [0.1, 0.15) is 55.9 Å². The highest BCUT2D eigenvalue weighted by molar-refractivity contribution is 6.07. The fourth-order valence-electron chi connectivity index (χ4n) is 3.32. The van der Waals surface area contributed by atoms with E-state index in [0.717, 1.165) is 23.7 Å². The number of para-hydroxylation sites is 1. The third-order valence-electron chi connectivity index (χ3n) is 4.62. The number of amides is 1. The van der Waals surface area contributed by atoms with Gasteiger partial charge in [-0.3, -0.25) is 9.59 Å². The lowest BCUT2D eigenvalue weighted by molar-refractivity contribution is -0.124. The van der Waals surface area contributed by atoms with Crippen LogP contribution in [0.4, 0.5) is 0 Å². The van der Waals surface area contributed by atoms with Crippen molar-refractivity contribution in [2.24, 2.45) is 0 Å². The average Bonchev–Trinajstić information content (AvgIpc) is 3.13. The molecule has 0 unspecified atom stereocenters. The van der Waals surface area contributed by atoms with E-state index >= 15 is 0 Å². The van der Waals surface area contributed by atoms with Crippen molar-refractivity contribution in [3.05, 3.63) is 36.0 Å². The summed E-state index contributed by atoms with van der Waals surface area (Å²) < 4.78 is 1.91. The summed E-state index contributed by atoms with van der Waals surface area (Å²) in [5, 5.41) is 4.05. The Kier molecular flexibility index (Phi) is 4.01. The number of hydrogen-bond donors (Lipinski definition) is 1. The van der Waals surface area contributed by atoms with Gasteiger partial charge in [0.2, 0.25) is 5.91 Å². The van der Waals surface area contributed by atoms with Gasteiger partial charge in [-0.25, -0.2) is 0 Å². The molecular weight excluding hydrogens is 276 g/mol. The number of carbonyl (C=O) groups is 2. The smallest absolute Gasteiger partial charge is 0.242 e. The van der Waals surface area contributed by atoms with Crippen LogP contribution in [0.2, 0.25) is 0 Å². The number of ketones is 1. The second-order valence-electron chi connectivity index (χ2n) is 6.19. The Morgan fingerprint density at radius 1 is 1.23 bits per heavy atom. The Balaban J connectivity index is 1.91. The molecule has 1 fully saturated rings. The number of hydrogen-bond acceptors (Lipinski definition) is 2. The minimum Gasteiger partial charge on any atom is -0.352 e. The first kappa shape index (κ1) is 14.8. The molecule has 1 saturated carbocycles. The van der Waals surface area contributed by atoms with Crippen LogP contribution in [-0.2, 0) is 4.79 Å². The highest BCUT2D eigenvalue weighted by Crippen LogP contribution is 2.26. The first-order valence-electron chi connectivity index (χ1n) is 7.99. The second-order valence-corrected chi connectivity index (χ2v) is 6.19. The van der Waals surface area contributed by atoms with E-state index in [9.17, 15) is 9.59 Å². The van der Waals surface area contributed by atoms with Crippen molar-refractivity contribution in [2.45, 2.75) is 51.6 Å². The van der Waals surface area contributed by atoms with Gasteiger partial charge in [0.1, 0.15) is 6.04 Å². The summed E-state index contributed by atoms with van der Waals surface area (Å²) in [4.78, 5) is 24.3. The molecule has 1 aromatic heterocycles. The minimum absolute atomic E-state index is 0.0263. The maximum Gasteiger partial charge on any atom is 0.242 e. The Hall–Kier alpha value is -2.10. The van der Waals surface area contributed by atoms with Crippen LogP contribution in [-0.4, -0.2) is 22.3 Å². The maximum absolute atomic E-state index is 12.5. The first-order chi connectivity index (χ1) is 10.6. The maximum atomic E-state index is 12.5. The van der Waals surface area contributed by atoms with Crippen LogP contribution in [0, 0.1) is 0 Å². The van der Waals surface area contributed by atoms with E-state index in [-0.39, 0.29) is 17.7 Å². The van der Waals surface area contributed by atoms with Crippen molar-refractivity contribution >= 4 is 22.6 Å². The van der Waals surface area contributed by atoms with Crippen molar-refractivity contribution in [1.29, 1.82) is 0 Å². The SMILES string of the molecule is CC(=O)c1cn([C@H](C)C(=O)NC2CCCC2)c2ccccc12. The van der Waals surface area contributed by atoms with Crippen LogP contribution in [0.15, 0.2) is 30.5 Å². The zero-order valence-electron chi connectivity index (χ0n) is 13.1. The number of rotatable bonds is 4. The van der Waals surface area contributed by atoms with Crippen molar-refractivity contribution in [3.63, 3.8) is 0 Å². The number of carbonyl (C=O) groups excluding carboxylic acids is 2. The van der Waals surface area contributed by atoms with Crippen LogP contribution >= 0.6 is 0 Å². The molecule has 0 saturated heterocycles. The van der Waals surface area contributed by atoms with Gasteiger partial charge in [0, 0.05) is 28.7 Å². The lowest BCUT2D eigenvalue weighted by Gasteiger charge is -2.18. The first-order valence-corrected chi connectivity index (χ1v) is 7.99. The van der Waals surface area contributed by atoms with Crippen LogP contribution in [0.25, 0.3) is 10.9 Å². The predicted molar refractivity (Wildman–Crippen MR) is 87.1 cm³/mol. The quantitative estimate of drug-likeness (QED) is 0.879. The largest absolute Gasteiger partial charge is 0.352 e. The van der Waals surface area contributed by atoms with Gasteiger partial charge in [0.15, 0.2) is 5.78 Å². The number of fused-ring (bicyclic) bond motifs is 1. The highest BCUT2D eigenvalue weighted by atomic mass is 16.2. The molecule has 1 aliphatic rings. The van der Waals surface area contributed by atoms with Crippen LogP contribution in [0.3, 0.4) is 0 Å². The number of aromatic nitrogens is 1. The summed E-state index contributed by atoms with van der Waals surface area (Å²) in [5.74, 6) is 0.0566. The third kappa shape index (κ3) is 2.65. The lowest BCUT2D eigenvalue weighted by Crippen LogP contribution is -2.37. The van der Waals surface area contributed by atoms with Gasteiger partial charge in [0.05, 0.1) is 0 Å². The van der Waals surface area contributed by atoms with Gasteiger partial charge >= 0.3 is 0 Å². The van der Waals surface area contributed by atoms with E-state index in [1.54, 1.807) is 6.92 Å². The summed E-state index contributed by atoms with van der Waals surface area (Å²) in [6.07, 6.45) is 6.35. The molecule has 1 atom stereocenters. The van der Waals surface area contributed by atoms with Gasteiger partial charge in [0.25, 0.3) is 0 Å². The Morgan fingerprint density at radius 3 is 2.59 bits per heavy atom. The molecular formula is C18H22N2O2. The average molecular weight is 298 g/mol. The summed E-state index contributed by atoms with van der Waals surface area (Å²) >= 11 is 0. The molecule has 1 aromatic carbocycles. The Labute approximate surface area is 130 Å². The van der Waals surface area contributed by atoms with E-state index in [0.29, 0.717) is 11.6 Å². The highest BCUT2D eigenvalue weighted by Gasteiger charge is 2.23. The summed E-state index contributed by atoms with van der Waals surface area (Å²) in [6.45, 7) is 3.45. The van der Waals surface area contributed by atoms with E-state index in [1.165, 1.54) is 12.8 Å². The van der Waals surface area contributed by atoms with Crippen molar-refractivity contribution in [2.75, 3.05) is 0 Å². The third-order valence-corrected chi connectivity index (χ3v) is 4.62. The van der Waals surface area contributed by atoms with Gasteiger partial charge < -0.3 is 9.88 Å². The van der Waals surface area contributed by atoms with Crippen molar-refractivity contribution in [1.82, 2.24) is 9.88 Å². The Morgan fingerprint density at radius 2 is 1.91 bits per heavy atom. The van der Waals surface area contributed by atoms with E-state index < -0.39 is 0 Å². The molecule has 4 heteroatoms. The molecule has 22 heavy (non-hydrogen) atoms. The van der Waals surface area contributed by atoms with E-state index in [2.05, 4.69) is 5.32 Å². The van der Waals surface area contributed by atoms with Gasteiger partial charge in [-0.15, -0.1) is 0 Å². The fraction of sp³-hybridized carbons (Fsp3) is 0.444. The minimum atomic E-state index is -0.321. The number of nitrogens with one attached hydrogen (secondary N) is 1. The molecule has 1 N–H and O–H groups in total. The number of Topliss-reactive ketones (excluding diaryl/α,β-unsaturated/α-hetero) is 1. The normalized spacial score (nSPS) is 16.8. The van der Waals surface area contributed by atoms with E-state index in [4.69, 9.17) is 0 Å². The molecule has 1 heterocycles. The van der Waals surface area contributed by atoms with Crippen molar-refractivity contribution in [3.8, 4) is 0 Å². The molecule has 0 spiro atoms. The second kappa shape index (κ2) is 5.95. The lowest BCUT2D eigenvalue weighted by atomic mass is 10.1. The Bertz CT molecular complexity index is 711. The number of benzene rings is 1. The number of nitrogens with zero attached hydrogens (tertiary/aromatic N) is 1. The topological polar surface area (TPSA) is 51.1 Å². The van der Waals surface area contributed by atoms with Gasteiger partial charge in [-0.1, -0.05) is 31.0 Å². The van der Waals surface area contributed by atoms with Crippen molar-refractivity contribution < 1.29 is 9.59 Å². The summed E-state index contributed by atoms with van der Waals surface area (Å²) in [6, 6.07) is 7.74. The zero-order valence-corrected chi connectivity index (χ0v) is 13.1. The molecule has 0 bridgehead atoms. The van der Waals surface area contributed by atoms with Gasteiger partial charge in [-0.05, 0) is 32.8 Å². The van der Waals surface area contributed by atoms with Crippen LogP contribution < -0.4 is 5.32 Å². The molecule has 1 aliphatic carbocycles. The van der Waals surface area contributed by atoms with Gasteiger partial charge in [-0.2, -0.15) is 0 Å². The fourth-order valence-corrected chi connectivity index (χ4v) is 3.32. The zero-order chi connectivity index (χ0) is 15.7. The molecule has 4 nitrogen and oxygen atoms in total.